The fourth-order valence-electron chi connectivity index (χ4n) is 4.41. The zero-order valence-corrected chi connectivity index (χ0v) is 15.3. The number of urea groups is 1. The maximum Gasteiger partial charge on any atom is 0.322 e. The van der Waals surface area contributed by atoms with E-state index in [9.17, 15) is 19.5 Å². The Morgan fingerprint density at radius 1 is 1.04 bits per heavy atom. The number of aliphatic carboxylic acids is 1. The van der Waals surface area contributed by atoms with E-state index in [1.807, 2.05) is 36.4 Å². The SMILES string of the molecule is O=C1NC(=O)C(CCC(c2ccccc2)c2ccccc2)(C2CC2C(=O)O)N1. The second-order valence-corrected chi connectivity index (χ2v) is 7.58. The van der Waals surface area contributed by atoms with Crippen LogP contribution < -0.4 is 10.6 Å². The summed E-state index contributed by atoms with van der Waals surface area (Å²) < 4.78 is 0. The number of amides is 3. The minimum Gasteiger partial charge on any atom is -0.481 e. The summed E-state index contributed by atoms with van der Waals surface area (Å²) in [6.07, 6.45) is 1.41. The summed E-state index contributed by atoms with van der Waals surface area (Å²) in [6.45, 7) is 0. The number of carbonyl (C=O) groups is 3. The summed E-state index contributed by atoms with van der Waals surface area (Å²) >= 11 is 0. The molecule has 1 aliphatic carbocycles. The number of hydrogen-bond donors (Lipinski definition) is 3. The van der Waals surface area contributed by atoms with Crippen LogP contribution in [0.1, 0.15) is 36.3 Å². The molecule has 1 saturated heterocycles. The van der Waals surface area contributed by atoms with Crippen LogP contribution >= 0.6 is 0 Å². The normalized spacial score (nSPS) is 26.0. The lowest BCUT2D eigenvalue weighted by molar-refractivity contribution is -0.139. The highest BCUT2D eigenvalue weighted by molar-refractivity contribution is 6.07. The molecule has 3 amide bonds. The molecule has 3 atom stereocenters. The number of hydrogen-bond acceptors (Lipinski definition) is 3. The summed E-state index contributed by atoms with van der Waals surface area (Å²) in [5.41, 5.74) is 1.10. The summed E-state index contributed by atoms with van der Waals surface area (Å²) in [6, 6.07) is 19.5. The largest absolute Gasteiger partial charge is 0.481 e. The quantitative estimate of drug-likeness (QED) is 0.646. The molecule has 2 aromatic carbocycles. The maximum absolute atomic E-state index is 12.7. The van der Waals surface area contributed by atoms with Gasteiger partial charge in [0.1, 0.15) is 5.54 Å². The highest BCUT2D eigenvalue weighted by Gasteiger charge is 2.62. The highest BCUT2D eigenvalue weighted by Crippen LogP contribution is 2.50. The van der Waals surface area contributed by atoms with E-state index in [-0.39, 0.29) is 11.8 Å². The van der Waals surface area contributed by atoms with Crippen LogP contribution in [-0.2, 0) is 9.59 Å². The molecule has 0 aromatic heterocycles. The van der Waals surface area contributed by atoms with Crippen LogP contribution in [0.25, 0.3) is 0 Å². The Bertz CT molecular complexity index is 860. The zero-order valence-electron chi connectivity index (χ0n) is 15.3. The Morgan fingerprint density at radius 2 is 1.61 bits per heavy atom. The van der Waals surface area contributed by atoms with E-state index in [0.717, 1.165) is 11.1 Å². The average Bonchev–Trinajstić information content (AvgIpc) is 3.45. The number of benzene rings is 2. The third-order valence-electron chi connectivity index (χ3n) is 5.94. The molecule has 6 nitrogen and oxygen atoms in total. The van der Waals surface area contributed by atoms with Gasteiger partial charge in [-0.25, -0.2) is 4.79 Å². The number of imide groups is 1. The molecular formula is C22H22N2O4. The van der Waals surface area contributed by atoms with E-state index in [0.29, 0.717) is 19.3 Å². The van der Waals surface area contributed by atoms with Gasteiger partial charge in [-0.2, -0.15) is 0 Å². The highest BCUT2D eigenvalue weighted by atomic mass is 16.4. The van der Waals surface area contributed by atoms with E-state index in [4.69, 9.17) is 0 Å². The Labute approximate surface area is 163 Å². The fourth-order valence-corrected chi connectivity index (χ4v) is 4.41. The molecule has 3 N–H and O–H groups in total. The van der Waals surface area contributed by atoms with Crippen LogP contribution in [0.3, 0.4) is 0 Å². The molecule has 28 heavy (non-hydrogen) atoms. The standard InChI is InChI=1S/C22H22N2O4/c25-19(26)17-13-18(17)22(20(27)23-21(28)24-22)12-11-16(14-7-3-1-4-8-14)15-9-5-2-6-10-15/h1-10,16-18H,11-13H2,(H,25,26)(H2,23,24,27,28). The summed E-state index contributed by atoms with van der Waals surface area (Å²) in [7, 11) is 0. The van der Waals surface area contributed by atoms with Crippen LogP contribution in [0.15, 0.2) is 60.7 Å². The average molecular weight is 378 g/mol. The van der Waals surface area contributed by atoms with E-state index in [1.54, 1.807) is 0 Å². The first-order chi connectivity index (χ1) is 13.5. The number of carboxylic acid groups (broad SMARTS) is 1. The molecule has 3 unspecified atom stereocenters. The number of carbonyl (C=O) groups excluding carboxylic acids is 2. The van der Waals surface area contributed by atoms with Crippen molar-refractivity contribution in [2.45, 2.75) is 30.7 Å². The van der Waals surface area contributed by atoms with Gasteiger partial charge in [0.15, 0.2) is 0 Å². The van der Waals surface area contributed by atoms with Crippen molar-refractivity contribution in [1.82, 2.24) is 10.6 Å². The lowest BCUT2D eigenvalue weighted by Gasteiger charge is -2.29. The molecule has 4 rings (SSSR count). The zero-order chi connectivity index (χ0) is 19.7. The third-order valence-corrected chi connectivity index (χ3v) is 5.94. The van der Waals surface area contributed by atoms with Crippen molar-refractivity contribution >= 4 is 17.9 Å². The van der Waals surface area contributed by atoms with Crippen molar-refractivity contribution < 1.29 is 19.5 Å². The second-order valence-electron chi connectivity index (χ2n) is 7.58. The lowest BCUT2D eigenvalue weighted by Crippen LogP contribution is -2.50. The van der Waals surface area contributed by atoms with Gasteiger partial charge in [0.2, 0.25) is 0 Å². The first-order valence-electron chi connectivity index (χ1n) is 9.47. The molecule has 1 heterocycles. The van der Waals surface area contributed by atoms with Gasteiger partial charge in [0, 0.05) is 11.8 Å². The molecule has 2 fully saturated rings. The van der Waals surface area contributed by atoms with E-state index >= 15 is 0 Å². The Hall–Kier alpha value is -3.15. The smallest absolute Gasteiger partial charge is 0.322 e. The maximum atomic E-state index is 12.7. The first-order valence-corrected chi connectivity index (χ1v) is 9.47. The van der Waals surface area contributed by atoms with Crippen LogP contribution in [0.4, 0.5) is 4.79 Å². The predicted molar refractivity (Wildman–Crippen MR) is 103 cm³/mol. The van der Waals surface area contributed by atoms with Crippen molar-refractivity contribution in [1.29, 1.82) is 0 Å². The molecule has 144 valence electrons. The number of rotatable bonds is 7. The molecule has 0 radical (unpaired) electrons. The third kappa shape index (κ3) is 3.26. The van der Waals surface area contributed by atoms with Gasteiger partial charge in [-0.1, -0.05) is 60.7 Å². The molecule has 0 bridgehead atoms. The summed E-state index contributed by atoms with van der Waals surface area (Å²) in [5, 5.41) is 14.4. The van der Waals surface area contributed by atoms with Crippen LogP contribution in [-0.4, -0.2) is 28.6 Å². The second kappa shape index (κ2) is 7.11. The lowest BCUT2D eigenvalue weighted by atomic mass is 9.80. The molecule has 2 aromatic rings. The fraction of sp³-hybridized carbons (Fsp3) is 0.318. The van der Waals surface area contributed by atoms with Gasteiger partial charge in [-0.15, -0.1) is 0 Å². The number of nitrogens with one attached hydrogen (secondary N) is 2. The van der Waals surface area contributed by atoms with Gasteiger partial charge >= 0.3 is 12.0 Å². The van der Waals surface area contributed by atoms with Gasteiger partial charge in [0.25, 0.3) is 5.91 Å². The van der Waals surface area contributed by atoms with Crippen LogP contribution in [0, 0.1) is 11.8 Å². The summed E-state index contributed by atoms with van der Waals surface area (Å²) in [5.74, 6) is -2.24. The van der Waals surface area contributed by atoms with E-state index in [1.165, 1.54) is 0 Å². The molecule has 0 spiro atoms. The predicted octanol–water partition coefficient (Wildman–Crippen LogP) is 2.90. The van der Waals surface area contributed by atoms with Crippen molar-refractivity contribution in [3.8, 4) is 0 Å². The minimum atomic E-state index is -1.15. The van der Waals surface area contributed by atoms with Gasteiger partial charge in [-0.3, -0.25) is 14.9 Å². The van der Waals surface area contributed by atoms with Crippen molar-refractivity contribution in [2.75, 3.05) is 0 Å². The first kappa shape index (κ1) is 18.2. The van der Waals surface area contributed by atoms with Gasteiger partial charge in [-0.05, 0) is 30.4 Å². The Balaban J connectivity index is 1.62. The Morgan fingerprint density at radius 3 is 2.04 bits per heavy atom. The van der Waals surface area contributed by atoms with E-state index in [2.05, 4.69) is 34.9 Å². The molecule has 1 aliphatic heterocycles. The minimum absolute atomic E-state index is 0.0478. The van der Waals surface area contributed by atoms with Gasteiger partial charge < -0.3 is 10.4 Å². The van der Waals surface area contributed by atoms with Crippen molar-refractivity contribution in [3.05, 3.63) is 71.8 Å². The van der Waals surface area contributed by atoms with Crippen LogP contribution in [0.5, 0.6) is 0 Å². The van der Waals surface area contributed by atoms with Gasteiger partial charge in [0.05, 0.1) is 5.92 Å². The summed E-state index contributed by atoms with van der Waals surface area (Å²) in [4.78, 5) is 35.9. The molecule has 6 heteroatoms. The number of carboxylic acids is 1. The molecule has 1 saturated carbocycles. The van der Waals surface area contributed by atoms with Crippen molar-refractivity contribution in [2.24, 2.45) is 11.8 Å². The van der Waals surface area contributed by atoms with Crippen LogP contribution in [0.2, 0.25) is 0 Å². The molecular weight excluding hydrogens is 356 g/mol. The topological polar surface area (TPSA) is 95.5 Å². The van der Waals surface area contributed by atoms with E-state index < -0.39 is 29.4 Å². The Kier molecular flexibility index (Phi) is 4.63. The van der Waals surface area contributed by atoms with Crippen molar-refractivity contribution in [3.63, 3.8) is 0 Å². The molecule has 2 aliphatic rings. The monoisotopic (exact) mass is 378 g/mol.